The Labute approximate surface area is 131 Å². The van der Waals surface area contributed by atoms with Crippen molar-refractivity contribution in [2.45, 2.75) is 44.2 Å². The van der Waals surface area contributed by atoms with Gasteiger partial charge in [-0.3, -0.25) is 0 Å². The van der Waals surface area contributed by atoms with Crippen LogP contribution in [0.15, 0.2) is 16.3 Å². The average molecular weight is 332 g/mol. The van der Waals surface area contributed by atoms with E-state index in [1.165, 1.54) is 11.3 Å². The second-order valence-electron chi connectivity index (χ2n) is 5.28. The summed E-state index contributed by atoms with van der Waals surface area (Å²) in [5, 5.41) is 5.13. The van der Waals surface area contributed by atoms with E-state index in [2.05, 4.69) is 12.2 Å². The van der Waals surface area contributed by atoms with Crippen molar-refractivity contribution in [1.82, 2.24) is 9.62 Å². The van der Waals surface area contributed by atoms with E-state index >= 15 is 0 Å². The van der Waals surface area contributed by atoms with Crippen LogP contribution in [-0.4, -0.2) is 45.1 Å². The van der Waals surface area contributed by atoms with Gasteiger partial charge in [-0.25, -0.2) is 8.42 Å². The molecule has 1 N–H and O–H groups in total. The van der Waals surface area contributed by atoms with Gasteiger partial charge in [0.2, 0.25) is 10.0 Å². The number of thiophene rings is 1. The molecule has 1 aliphatic rings. The van der Waals surface area contributed by atoms with Crippen molar-refractivity contribution in [3.63, 3.8) is 0 Å². The lowest BCUT2D eigenvalue weighted by molar-refractivity contribution is 0.0752. The highest BCUT2D eigenvalue weighted by Gasteiger charge is 2.30. The van der Waals surface area contributed by atoms with Gasteiger partial charge in [0.25, 0.3) is 0 Å². The van der Waals surface area contributed by atoms with Gasteiger partial charge in [0, 0.05) is 31.1 Å². The Morgan fingerprint density at radius 2 is 2.33 bits per heavy atom. The van der Waals surface area contributed by atoms with Gasteiger partial charge in [-0.2, -0.15) is 4.31 Å². The molecule has 7 heteroatoms. The molecule has 2 rings (SSSR count). The molecule has 0 spiro atoms. The molecule has 21 heavy (non-hydrogen) atoms. The lowest BCUT2D eigenvalue weighted by Crippen LogP contribution is -2.36. The Morgan fingerprint density at radius 3 is 3.10 bits per heavy atom. The van der Waals surface area contributed by atoms with Crippen LogP contribution in [0.2, 0.25) is 0 Å². The van der Waals surface area contributed by atoms with Crippen LogP contribution in [0, 0.1) is 0 Å². The van der Waals surface area contributed by atoms with Crippen molar-refractivity contribution in [2.75, 3.05) is 26.2 Å². The van der Waals surface area contributed by atoms with Crippen LogP contribution in [-0.2, 0) is 21.3 Å². The first-order valence-corrected chi connectivity index (χ1v) is 9.76. The van der Waals surface area contributed by atoms with E-state index < -0.39 is 10.0 Å². The van der Waals surface area contributed by atoms with Gasteiger partial charge < -0.3 is 10.1 Å². The third-order valence-electron chi connectivity index (χ3n) is 3.45. The number of rotatable bonds is 6. The maximum absolute atomic E-state index is 12.8. The number of ether oxygens (including phenoxy) is 1. The quantitative estimate of drug-likeness (QED) is 0.810. The van der Waals surface area contributed by atoms with Crippen molar-refractivity contribution >= 4 is 21.4 Å². The third kappa shape index (κ3) is 4.26. The molecule has 1 fully saturated rings. The van der Waals surface area contributed by atoms with Crippen molar-refractivity contribution < 1.29 is 13.2 Å². The van der Waals surface area contributed by atoms with Crippen molar-refractivity contribution in [1.29, 1.82) is 0 Å². The molecule has 1 aliphatic heterocycles. The van der Waals surface area contributed by atoms with E-state index in [1.807, 2.05) is 12.3 Å². The Bertz CT molecular complexity index is 542. The Morgan fingerprint density at radius 1 is 1.52 bits per heavy atom. The number of nitrogens with zero attached hydrogens (tertiary/aromatic N) is 1. The summed E-state index contributed by atoms with van der Waals surface area (Å²) in [6.07, 6.45) is 1.73. The Balaban J connectivity index is 2.16. The predicted octanol–water partition coefficient (Wildman–Crippen LogP) is 2.05. The lowest BCUT2D eigenvalue weighted by Gasteiger charge is -2.21. The number of hydrogen-bond donors (Lipinski definition) is 1. The highest BCUT2D eigenvalue weighted by atomic mass is 32.2. The second-order valence-corrected chi connectivity index (χ2v) is 8.19. The van der Waals surface area contributed by atoms with Crippen molar-refractivity contribution in [3.8, 4) is 0 Å². The van der Waals surface area contributed by atoms with Gasteiger partial charge in [0.15, 0.2) is 0 Å². The fourth-order valence-corrected chi connectivity index (χ4v) is 5.32. The maximum Gasteiger partial charge on any atom is 0.244 e. The van der Waals surface area contributed by atoms with Gasteiger partial charge in [-0.15, -0.1) is 11.3 Å². The van der Waals surface area contributed by atoms with Crippen LogP contribution >= 0.6 is 11.3 Å². The standard InChI is InChI=1S/C14H24N2O3S2/c1-3-6-15-10-13-14(5-9-20-13)21(17,18)16-7-4-8-19-12(2)11-16/h5,9,12,15H,3-4,6-8,10-11H2,1-2H3. The predicted molar refractivity (Wildman–Crippen MR) is 85.1 cm³/mol. The molecular weight excluding hydrogens is 308 g/mol. The third-order valence-corrected chi connectivity index (χ3v) is 6.45. The van der Waals surface area contributed by atoms with Crippen molar-refractivity contribution in [2.24, 2.45) is 0 Å². The molecule has 120 valence electrons. The van der Waals surface area contributed by atoms with Crippen LogP contribution in [0.5, 0.6) is 0 Å². The minimum absolute atomic E-state index is 0.0532. The minimum Gasteiger partial charge on any atom is -0.377 e. The average Bonchev–Trinajstić information content (AvgIpc) is 2.81. The molecule has 5 nitrogen and oxygen atoms in total. The fourth-order valence-electron chi connectivity index (χ4n) is 2.38. The number of hydrogen-bond acceptors (Lipinski definition) is 5. The summed E-state index contributed by atoms with van der Waals surface area (Å²) in [6.45, 7) is 7.11. The zero-order valence-electron chi connectivity index (χ0n) is 12.7. The van der Waals surface area contributed by atoms with Crippen LogP contribution in [0.3, 0.4) is 0 Å². The van der Waals surface area contributed by atoms with Crippen LogP contribution in [0.1, 0.15) is 31.6 Å². The molecule has 0 bridgehead atoms. The van der Waals surface area contributed by atoms with E-state index in [-0.39, 0.29) is 6.10 Å². The van der Waals surface area contributed by atoms with E-state index in [0.29, 0.717) is 31.1 Å². The zero-order chi connectivity index (χ0) is 15.3. The number of nitrogens with one attached hydrogen (secondary N) is 1. The molecular formula is C14H24N2O3S2. The van der Waals surface area contributed by atoms with Gasteiger partial charge in [0.05, 0.1) is 11.0 Å². The first-order valence-electron chi connectivity index (χ1n) is 7.44. The summed E-state index contributed by atoms with van der Waals surface area (Å²) in [5.74, 6) is 0. The molecule has 1 saturated heterocycles. The summed E-state index contributed by atoms with van der Waals surface area (Å²) < 4.78 is 32.8. The molecule has 0 radical (unpaired) electrons. The van der Waals surface area contributed by atoms with E-state index in [1.54, 1.807) is 10.4 Å². The van der Waals surface area contributed by atoms with E-state index in [4.69, 9.17) is 4.74 Å². The zero-order valence-corrected chi connectivity index (χ0v) is 14.3. The summed E-state index contributed by atoms with van der Waals surface area (Å²) in [5.41, 5.74) is 0. The SMILES string of the molecule is CCCNCc1sccc1S(=O)(=O)N1CCCOC(C)C1. The molecule has 0 aromatic carbocycles. The van der Waals surface area contributed by atoms with Crippen LogP contribution in [0.25, 0.3) is 0 Å². The Hall–Kier alpha value is -0.470. The summed E-state index contributed by atoms with van der Waals surface area (Å²) >= 11 is 1.50. The van der Waals surface area contributed by atoms with E-state index in [0.717, 1.165) is 24.3 Å². The highest BCUT2D eigenvalue weighted by Crippen LogP contribution is 2.26. The van der Waals surface area contributed by atoms with Gasteiger partial charge in [-0.1, -0.05) is 6.92 Å². The molecule has 1 aromatic heterocycles. The molecule has 0 aliphatic carbocycles. The molecule has 1 atom stereocenters. The minimum atomic E-state index is -3.42. The molecule has 0 amide bonds. The fraction of sp³-hybridized carbons (Fsp3) is 0.714. The maximum atomic E-state index is 12.8. The normalized spacial score (nSPS) is 21.3. The summed E-state index contributed by atoms with van der Waals surface area (Å²) in [4.78, 5) is 1.34. The highest BCUT2D eigenvalue weighted by molar-refractivity contribution is 7.89. The summed E-state index contributed by atoms with van der Waals surface area (Å²) in [6, 6.07) is 1.72. The lowest BCUT2D eigenvalue weighted by atomic mass is 10.4. The topological polar surface area (TPSA) is 58.6 Å². The monoisotopic (exact) mass is 332 g/mol. The van der Waals surface area contributed by atoms with E-state index in [9.17, 15) is 8.42 Å². The van der Waals surface area contributed by atoms with Crippen LogP contribution in [0.4, 0.5) is 0 Å². The molecule has 1 unspecified atom stereocenters. The van der Waals surface area contributed by atoms with Gasteiger partial charge >= 0.3 is 0 Å². The van der Waals surface area contributed by atoms with Crippen molar-refractivity contribution in [3.05, 3.63) is 16.3 Å². The smallest absolute Gasteiger partial charge is 0.244 e. The second kappa shape index (κ2) is 7.69. The van der Waals surface area contributed by atoms with Crippen LogP contribution < -0.4 is 5.32 Å². The molecule has 0 saturated carbocycles. The van der Waals surface area contributed by atoms with Gasteiger partial charge in [-0.05, 0) is 37.8 Å². The molecule has 2 heterocycles. The molecule has 1 aromatic rings. The summed E-state index contributed by atoms with van der Waals surface area (Å²) in [7, 11) is -3.42. The largest absolute Gasteiger partial charge is 0.377 e. The van der Waals surface area contributed by atoms with Gasteiger partial charge in [0.1, 0.15) is 0 Å². The first-order chi connectivity index (χ1) is 10.1. The number of sulfonamides is 1. The first kappa shape index (κ1) is 16.9. The Kier molecular flexibility index (Phi) is 6.19.